The molecular formula is C8H17NO. The topological polar surface area (TPSA) is 46.2 Å². The average Bonchev–Trinajstić information content (AvgIpc) is 2.36. The normalized spacial score (nSPS) is 26.7. The SMILES string of the molecule is CCC(O)C1(N)CCCC1. The quantitative estimate of drug-likeness (QED) is 0.606. The van der Waals surface area contributed by atoms with Gasteiger partial charge in [-0.3, -0.25) is 0 Å². The molecule has 0 aromatic rings. The minimum Gasteiger partial charge on any atom is -0.391 e. The highest BCUT2D eigenvalue weighted by atomic mass is 16.3. The standard InChI is InChI=1S/C8H17NO/c1-2-7(10)8(9)5-3-4-6-8/h7,10H,2-6,9H2,1H3. The van der Waals surface area contributed by atoms with Gasteiger partial charge in [-0.05, 0) is 19.3 Å². The van der Waals surface area contributed by atoms with Crippen LogP contribution in [0, 0.1) is 0 Å². The zero-order valence-corrected chi connectivity index (χ0v) is 6.64. The molecule has 60 valence electrons. The Bertz CT molecular complexity index is 108. The molecule has 0 aromatic carbocycles. The van der Waals surface area contributed by atoms with Crippen molar-refractivity contribution >= 4 is 0 Å². The van der Waals surface area contributed by atoms with Gasteiger partial charge >= 0.3 is 0 Å². The molecule has 0 aromatic heterocycles. The number of aliphatic hydroxyl groups is 1. The summed E-state index contributed by atoms with van der Waals surface area (Å²) in [4.78, 5) is 0. The van der Waals surface area contributed by atoms with Gasteiger partial charge in [0.1, 0.15) is 0 Å². The molecule has 2 heteroatoms. The minimum absolute atomic E-state index is 0.241. The van der Waals surface area contributed by atoms with Crippen molar-refractivity contribution in [1.82, 2.24) is 0 Å². The van der Waals surface area contributed by atoms with Gasteiger partial charge in [-0.25, -0.2) is 0 Å². The predicted molar refractivity (Wildman–Crippen MR) is 41.7 cm³/mol. The molecule has 0 saturated heterocycles. The first kappa shape index (κ1) is 8.02. The van der Waals surface area contributed by atoms with Crippen LogP contribution in [0.15, 0.2) is 0 Å². The van der Waals surface area contributed by atoms with E-state index in [-0.39, 0.29) is 11.6 Å². The Hall–Kier alpha value is -0.0800. The molecule has 0 heterocycles. The molecular weight excluding hydrogens is 126 g/mol. The van der Waals surface area contributed by atoms with Gasteiger partial charge in [0, 0.05) is 5.54 Å². The van der Waals surface area contributed by atoms with Gasteiger partial charge in [0.2, 0.25) is 0 Å². The maximum Gasteiger partial charge on any atom is 0.0717 e. The largest absolute Gasteiger partial charge is 0.391 e. The van der Waals surface area contributed by atoms with Crippen LogP contribution in [0.2, 0.25) is 0 Å². The predicted octanol–water partition coefficient (Wildman–Crippen LogP) is 1.03. The van der Waals surface area contributed by atoms with Gasteiger partial charge in [-0.2, -0.15) is 0 Å². The van der Waals surface area contributed by atoms with Crippen molar-refractivity contribution in [2.75, 3.05) is 0 Å². The van der Waals surface area contributed by atoms with Crippen LogP contribution in [0.3, 0.4) is 0 Å². The molecule has 1 atom stereocenters. The summed E-state index contributed by atoms with van der Waals surface area (Å²) in [7, 11) is 0. The van der Waals surface area contributed by atoms with Gasteiger partial charge in [-0.1, -0.05) is 19.8 Å². The molecule has 1 aliphatic rings. The molecule has 0 aliphatic heterocycles. The molecule has 0 amide bonds. The van der Waals surface area contributed by atoms with E-state index in [1.165, 1.54) is 12.8 Å². The van der Waals surface area contributed by atoms with E-state index in [0.29, 0.717) is 0 Å². The Morgan fingerprint density at radius 2 is 2.00 bits per heavy atom. The zero-order chi connectivity index (χ0) is 7.61. The molecule has 3 N–H and O–H groups in total. The Balaban J connectivity index is 2.49. The Morgan fingerprint density at radius 1 is 1.50 bits per heavy atom. The van der Waals surface area contributed by atoms with E-state index in [2.05, 4.69) is 0 Å². The fourth-order valence-corrected chi connectivity index (χ4v) is 1.77. The summed E-state index contributed by atoms with van der Waals surface area (Å²) in [5.74, 6) is 0. The third-order valence-electron chi connectivity index (χ3n) is 2.58. The molecule has 10 heavy (non-hydrogen) atoms. The molecule has 1 saturated carbocycles. The van der Waals surface area contributed by atoms with Crippen molar-refractivity contribution in [2.24, 2.45) is 5.73 Å². The van der Waals surface area contributed by atoms with E-state index < -0.39 is 0 Å². The first-order valence-corrected chi connectivity index (χ1v) is 4.16. The van der Waals surface area contributed by atoms with Crippen LogP contribution in [0.25, 0.3) is 0 Å². The van der Waals surface area contributed by atoms with E-state index in [9.17, 15) is 5.11 Å². The molecule has 2 nitrogen and oxygen atoms in total. The van der Waals surface area contributed by atoms with E-state index >= 15 is 0 Å². The number of hydrogen-bond donors (Lipinski definition) is 2. The number of nitrogens with two attached hydrogens (primary N) is 1. The number of hydrogen-bond acceptors (Lipinski definition) is 2. The number of rotatable bonds is 2. The summed E-state index contributed by atoms with van der Waals surface area (Å²) < 4.78 is 0. The van der Waals surface area contributed by atoms with Crippen LogP contribution in [-0.2, 0) is 0 Å². The van der Waals surface area contributed by atoms with Crippen LogP contribution >= 0.6 is 0 Å². The summed E-state index contributed by atoms with van der Waals surface area (Å²) in [5.41, 5.74) is 5.72. The smallest absolute Gasteiger partial charge is 0.0717 e. The molecule has 0 bridgehead atoms. The van der Waals surface area contributed by atoms with Gasteiger partial charge in [0.05, 0.1) is 6.10 Å². The van der Waals surface area contributed by atoms with Crippen molar-refractivity contribution in [3.8, 4) is 0 Å². The maximum atomic E-state index is 9.49. The van der Waals surface area contributed by atoms with E-state index in [1.807, 2.05) is 6.92 Å². The van der Waals surface area contributed by atoms with E-state index in [0.717, 1.165) is 19.3 Å². The summed E-state index contributed by atoms with van der Waals surface area (Å²) in [6.07, 6.45) is 4.89. The lowest BCUT2D eigenvalue weighted by Gasteiger charge is -2.28. The summed E-state index contributed by atoms with van der Waals surface area (Å²) >= 11 is 0. The van der Waals surface area contributed by atoms with Crippen molar-refractivity contribution < 1.29 is 5.11 Å². The third kappa shape index (κ3) is 1.32. The average molecular weight is 143 g/mol. The fourth-order valence-electron chi connectivity index (χ4n) is 1.77. The number of aliphatic hydroxyl groups excluding tert-OH is 1. The highest BCUT2D eigenvalue weighted by Crippen LogP contribution is 2.31. The summed E-state index contributed by atoms with van der Waals surface area (Å²) in [6, 6.07) is 0. The van der Waals surface area contributed by atoms with Crippen LogP contribution in [0.4, 0.5) is 0 Å². The second kappa shape index (κ2) is 2.89. The van der Waals surface area contributed by atoms with Crippen molar-refractivity contribution in [3.05, 3.63) is 0 Å². The highest BCUT2D eigenvalue weighted by Gasteiger charge is 2.35. The zero-order valence-electron chi connectivity index (χ0n) is 6.64. The Labute approximate surface area is 62.4 Å². The maximum absolute atomic E-state index is 9.49. The second-order valence-corrected chi connectivity index (χ2v) is 3.36. The third-order valence-corrected chi connectivity index (χ3v) is 2.58. The van der Waals surface area contributed by atoms with Crippen LogP contribution in [-0.4, -0.2) is 16.7 Å². The second-order valence-electron chi connectivity index (χ2n) is 3.36. The summed E-state index contributed by atoms with van der Waals surface area (Å²) in [5, 5.41) is 9.49. The molecule has 1 aliphatic carbocycles. The van der Waals surface area contributed by atoms with Gasteiger partial charge in [0.15, 0.2) is 0 Å². The molecule has 1 rings (SSSR count). The van der Waals surface area contributed by atoms with Crippen LogP contribution in [0.5, 0.6) is 0 Å². The fraction of sp³-hybridized carbons (Fsp3) is 1.00. The molecule has 0 radical (unpaired) electrons. The Kier molecular flexibility index (Phi) is 2.32. The lowest BCUT2D eigenvalue weighted by Crippen LogP contribution is -2.47. The van der Waals surface area contributed by atoms with Crippen LogP contribution in [0.1, 0.15) is 39.0 Å². The first-order chi connectivity index (χ1) is 4.69. The van der Waals surface area contributed by atoms with Crippen molar-refractivity contribution in [2.45, 2.75) is 50.7 Å². The monoisotopic (exact) mass is 143 g/mol. The summed E-state index contributed by atoms with van der Waals surface area (Å²) in [6.45, 7) is 1.98. The lowest BCUT2D eigenvalue weighted by molar-refractivity contribution is 0.0836. The van der Waals surface area contributed by atoms with Crippen LogP contribution < -0.4 is 5.73 Å². The Morgan fingerprint density at radius 3 is 2.40 bits per heavy atom. The van der Waals surface area contributed by atoms with Gasteiger partial charge in [0.25, 0.3) is 0 Å². The minimum atomic E-state index is -0.282. The van der Waals surface area contributed by atoms with Gasteiger partial charge < -0.3 is 10.8 Å². The first-order valence-electron chi connectivity index (χ1n) is 4.16. The molecule has 0 spiro atoms. The van der Waals surface area contributed by atoms with Crippen molar-refractivity contribution in [1.29, 1.82) is 0 Å². The highest BCUT2D eigenvalue weighted by molar-refractivity contribution is 4.94. The van der Waals surface area contributed by atoms with E-state index in [1.54, 1.807) is 0 Å². The van der Waals surface area contributed by atoms with Gasteiger partial charge in [-0.15, -0.1) is 0 Å². The molecule has 1 unspecified atom stereocenters. The lowest BCUT2D eigenvalue weighted by atomic mass is 9.90. The van der Waals surface area contributed by atoms with E-state index in [4.69, 9.17) is 5.73 Å². The molecule has 1 fully saturated rings. The van der Waals surface area contributed by atoms with Crippen molar-refractivity contribution in [3.63, 3.8) is 0 Å².